The Morgan fingerprint density at radius 2 is 2.14 bits per heavy atom. The summed E-state index contributed by atoms with van der Waals surface area (Å²) in [5, 5.41) is 7.34. The van der Waals surface area contributed by atoms with Crippen molar-refractivity contribution >= 4 is 22.8 Å². The molecule has 3 heterocycles. The molecule has 0 radical (unpaired) electrons. The maximum absolute atomic E-state index is 5.45. The molecule has 0 saturated carbocycles. The van der Waals surface area contributed by atoms with Crippen LogP contribution in [0.1, 0.15) is 12.1 Å². The van der Waals surface area contributed by atoms with Crippen LogP contribution in [0.15, 0.2) is 6.07 Å². The van der Waals surface area contributed by atoms with Gasteiger partial charge < -0.3 is 20.3 Å². The average molecular weight is 302 g/mol. The predicted molar refractivity (Wildman–Crippen MR) is 87.7 cm³/mol. The lowest BCUT2D eigenvalue weighted by atomic mass is 10.2. The quantitative estimate of drug-likeness (QED) is 0.886. The summed E-state index contributed by atoms with van der Waals surface area (Å²) in [5.74, 6) is 2.07. The predicted octanol–water partition coefficient (Wildman–Crippen LogP) is 1.50. The van der Waals surface area contributed by atoms with E-state index in [-0.39, 0.29) is 0 Å². The van der Waals surface area contributed by atoms with Gasteiger partial charge in [-0.05, 0) is 26.9 Å². The van der Waals surface area contributed by atoms with Crippen molar-refractivity contribution in [2.75, 3.05) is 44.9 Å². The van der Waals surface area contributed by atoms with Crippen LogP contribution in [-0.4, -0.2) is 60.2 Å². The molecule has 0 spiro atoms. The Hall–Kier alpha value is -2.15. The molecule has 7 nitrogen and oxygen atoms in total. The largest absolute Gasteiger partial charge is 0.496 e. The zero-order chi connectivity index (χ0) is 15.7. The Morgan fingerprint density at radius 1 is 1.32 bits per heavy atom. The van der Waals surface area contributed by atoms with Gasteiger partial charge in [0.2, 0.25) is 5.95 Å². The summed E-state index contributed by atoms with van der Waals surface area (Å²) in [5.41, 5.74) is 1.52. The molecule has 2 aromatic heterocycles. The standard InChI is InChI=1S/C15H22N6O/c1-9-7-11(22-4)12-13(16-2)19-15(20-14(12)17-9)18-10-5-6-21(3)8-10/h7,10H,5-6,8H2,1-4H3,(H2,16,17,18,19,20). The van der Waals surface area contributed by atoms with Gasteiger partial charge in [-0.15, -0.1) is 0 Å². The fourth-order valence-electron chi connectivity index (χ4n) is 2.86. The second-order valence-corrected chi connectivity index (χ2v) is 5.70. The molecular formula is C15H22N6O. The van der Waals surface area contributed by atoms with Gasteiger partial charge in [0.1, 0.15) is 17.0 Å². The van der Waals surface area contributed by atoms with E-state index in [1.54, 1.807) is 7.11 Å². The van der Waals surface area contributed by atoms with Crippen molar-refractivity contribution in [1.29, 1.82) is 0 Å². The van der Waals surface area contributed by atoms with Crippen LogP contribution in [0.25, 0.3) is 11.0 Å². The SMILES string of the molecule is CNc1nc(NC2CCN(C)C2)nc2nc(C)cc(OC)c12. The van der Waals surface area contributed by atoms with Crippen molar-refractivity contribution in [3.05, 3.63) is 11.8 Å². The normalized spacial score (nSPS) is 18.6. The third kappa shape index (κ3) is 2.76. The number of aromatic nitrogens is 3. The van der Waals surface area contributed by atoms with Crippen LogP contribution >= 0.6 is 0 Å². The molecular weight excluding hydrogens is 280 g/mol. The highest BCUT2D eigenvalue weighted by Crippen LogP contribution is 2.30. The number of methoxy groups -OCH3 is 1. The molecule has 7 heteroatoms. The summed E-state index contributed by atoms with van der Waals surface area (Å²) in [6, 6.07) is 2.27. The van der Waals surface area contributed by atoms with Crippen LogP contribution in [0.4, 0.5) is 11.8 Å². The molecule has 2 N–H and O–H groups in total. The van der Waals surface area contributed by atoms with E-state index in [4.69, 9.17) is 4.74 Å². The number of pyridine rings is 1. The fraction of sp³-hybridized carbons (Fsp3) is 0.533. The first-order valence-corrected chi connectivity index (χ1v) is 7.47. The summed E-state index contributed by atoms with van der Waals surface area (Å²) in [7, 11) is 5.61. The number of likely N-dealkylation sites (tertiary alicyclic amines) is 1. The zero-order valence-electron chi connectivity index (χ0n) is 13.5. The van der Waals surface area contributed by atoms with Crippen LogP contribution in [0, 0.1) is 6.92 Å². The van der Waals surface area contributed by atoms with Crippen molar-refractivity contribution in [3.63, 3.8) is 0 Å². The van der Waals surface area contributed by atoms with Crippen LogP contribution in [-0.2, 0) is 0 Å². The van der Waals surface area contributed by atoms with E-state index in [0.29, 0.717) is 17.6 Å². The monoisotopic (exact) mass is 302 g/mol. The molecule has 1 saturated heterocycles. The van der Waals surface area contributed by atoms with Gasteiger partial charge in [0, 0.05) is 31.4 Å². The molecule has 1 atom stereocenters. The third-order valence-corrected chi connectivity index (χ3v) is 3.94. The molecule has 2 aromatic rings. The number of hydrogen-bond acceptors (Lipinski definition) is 7. The summed E-state index contributed by atoms with van der Waals surface area (Å²) < 4.78 is 5.45. The van der Waals surface area contributed by atoms with Gasteiger partial charge in [-0.3, -0.25) is 0 Å². The van der Waals surface area contributed by atoms with Gasteiger partial charge >= 0.3 is 0 Å². The van der Waals surface area contributed by atoms with Crippen molar-refractivity contribution in [2.24, 2.45) is 0 Å². The zero-order valence-corrected chi connectivity index (χ0v) is 13.5. The molecule has 118 valence electrons. The number of likely N-dealkylation sites (N-methyl/N-ethyl adjacent to an activating group) is 1. The number of anilines is 2. The van der Waals surface area contributed by atoms with Gasteiger partial charge in [-0.2, -0.15) is 9.97 Å². The lowest BCUT2D eigenvalue weighted by Gasteiger charge is -2.15. The smallest absolute Gasteiger partial charge is 0.227 e. The first-order chi connectivity index (χ1) is 10.6. The number of rotatable bonds is 4. The van der Waals surface area contributed by atoms with E-state index < -0.39 is 0 Å². The molecule has 1 fully saturated rings. The van der Waals surface area contributed by atoms with Crippen molar-refractivity contribution in [2.45, 2.75) is 19.4 Å². The number of aryl methyl sites for hydroxylation is 1. The maximum atomic E-state index is 5.45. The van der Waals surface area contributed by atoms with Crippen molar-refractivity contribution < 1.29 is 4.74 Å². The van der Waals surface area contributed by atoms with E-state index in [9.17, 15) is 0 Å². The summed E-state index contributed by atoms with van der Waals surface area (Å²) in [6.45, 7) is 4.03. The van der Waals surface area contributed by atoms with E-state index in [1.165, 1.54) is 0 Å². The Labute approximate surface area is 130 Å². The van der Waals surface area contributed by atoms with Crippen LogP contribution in [0.2, 0.25) is 0 Å². The van der Waals surface area contributed by atoms with Crippen molar-refractivity contribution in [3.8, 4) is 5.75 Å². The van der Waals surface area contributed by atoms with Crippen molar-refractivity contribution in [1.82, 2.24) is 19.9 Å². The molecule has 22 heavy (non-hydrogen) atoms. The molecule has 0 amide bonds. The molecule has 0 aliphatic carbocycles. The minimum absolute atomic E-state index is 0.374. The Morgan fingerprint density at radius 3 is 2.77 bits per heavy atom. The summed E-state index contributed by atoms with van der Waals surface area (Å²) >= 11 is 0. The van der Waals surface area contributed by atoms with E-state index in [2.05, 4.69) is 37.5 Å². The topological polar surface area (TPSA) is 75.2 Å². The highest BCUT2D eigenvalue weighted by atomic mass is 16.5. The molecule has 0 aromatic carbocycles. The highest BCUT2D eigenvalue weighted by molar-refractivity contribution is 5.93. The van der Waals surface area contributed by atoms with Gasteiger partial charge in [0.05, 0.1) is 7.11 Å². The molecule has 1 aliphatic heterocycles. The Balaban J connectivity index is 2.02. The van der Waals surface area contributed by atoms with Gasteiger partial charge in [0.25, 0.3) is 0 Å². The lowest BCUT2D eigenvalue weighted by molar-refractivity contribution is 0.414. The van der Waals surface area contributed by atoms with Gasteiger partial charge in [-0.1, -0.05) is 0 Å². The number of ether oxygens (including phenoxy) is 1. The van der Waals surface area contributed by atoms with E-state index in [1.807, 2.05) is 20.0 Å². The molecule has 1 unspecified atom stereocenters. The second-order valence-electron chi connectivity index (χ2n) is 5.70. The third-order valence-electron chi connectivity index (χ3n) is 3.94. The van der Waals surface area contributed by atoms with E-state index in [0.717, 1.165) is 42.2 Å². The van der Waals surface area contributed by atoms with Gasteiger partial charge in [-0.25, -0.2) is 4.98 Å². The van der Waals surface area contributed by atoms with Crippen LogP contribution in [0.3, 0.4) is 0 Å². The minimum atomic E-state index is 0.374. The Kier molecular flexibility index (Phi) is 3.98. The average Bonchev–Trinajstić information content (AvgIpc) is 2.90. The first kappa shape index (κ1) is 14.8. The minimum Gasteiger partial charge on any atom is -0.496 e. The number of nitrogens with zero attached hydrogens (tertiary/aromatic N) is 4. The lowest BCUT2D eigenvalue weighted by Crippen LogP contribution is -2.24. The molecule has 0 bridgehead atoms. The number of fused-ring (bicyclic) bond motifs is 1. The molecule has 1 aliphatic rings. The summed E-state index contributed by atoms with van der Waals surface area (Å²) in [6.07, 6.45) is 1.09. The molecule has 3 rings (SSSR count). The number of nitrogens with one attached hydrogen (secondary N) is 2. The Bertz CT molecular complexity index is 689. The maximum Gasteiger partial charge on any atom is 0.227 e. The highest BCUT2D eigenvalue weighted by Gasteiger charge is 2.21. The van der Waals surface area contributed by atoms with Crippen LogP contribution in [0.5, 0.6) is 5.75 Å². The fourth-order valence-corrected chi connectivity index (χ4v) is 2.86. The first-order valence-electron chi connectivity index (χ1n) is 7.47. The summed E-state index contributed by atoms with van der Waals surface area (Å²) in [4.78, 5) is 16.0. The second kappa shape index (κ2) is 5.92. The van der Waals surface area contributed by atoms with Crippen LogP contribution < -0.4 is 15.4 Å². The van der Waals surface area contributed by atoms with Gasteiger partial charge in [0.15, 0.2) is 5.65 Å². The van der Waals surface area contributed by atoms with E-state index >= 15 is 0 Å². The number of hydrogen-bond donors (Lipinski definition) is 2.